The van der Waals surface area contributed by atoms with Crippen LogP contribution in [-0.2, 0) is 0 Å². The molecule has 0 radical (unpaired) electrons. The van der Waals surface area contributed by atoms with Crippen molar-refractivity contribution < 1.29 is 9.90 Å². The second-order valence-corrected chi connectivity index (χ2v) is 5.54. The molecule has 0 bridgehead atoms. The van der Waals surface area contributed by atoms with Crippen molar-refractivity contribution in [2.24, 2.45) is 0 Å². The Hall–Kier alpha value is -1.87. The molecule has 92 valence electrons. The van der Waals surface area contributed by atoms with Crippen LogP contribution in [0.2, 0.25) is 0 Å². The van der Waals surface area contributed by atoms with E-state index in [0.29, 0.717) is 5.56 Å². The average Bonchev–Trinajstić information content (AvgIpc) is 2.67. The van der Waals surface area contributed by atoms with E-state index in [-0.39, 0.29) is 11.5 Å². The summed E-state index contributed by atoms with van der Waals surface area (Å²) >= 11 is 1.62. The number of ketones is 1. The molecular weight excluding hydrogens is 244 g/mol. The highest BCUT2D eigenvalue weighted by atomic mass is 32.1. The van der Waals surface area contributed by atoms with Crippen molar-refractivity contribution in [1.82, 2.24) is 0 Å². The molecule has 0 spiro atoms. The maximum Gasteiger partial charge on any atom is 0.186 e. The van der Waals surface area contributed by atoms with Crippen molar-refractivity contribution in [3.63, 3.8) is 0 Å². The number of hydrogen-bond donors (Lipinski definition) is 1. The molecule has 2 rings (SSSR count). The van der Waals surface area contributed by atoms with Crippen LogP contribution in [0.1, 0.15) is 25.7 Å². The summed E-state index contributed by atoms with van der Waals surface area (Å²) in [5.41, 5.74) is 1.39. The Bertz CT molecular complexity index is 609. The van der Waals surface area contributed by atoms with Crippen LogP contribution >= 0.6 is 11.3 Å². The summed E-state index contributed by atoms with van der Waals surface area (Å²) in [5, 5.41) is 9.59. The number of carbonyl (C=O) groups is 1. The summed E-state index contributed by atoms with van der Waals surface area (Å²) in [6.45, 7) is 3.93. The van der Waals surface area contributed by atoms with Crippen LogP contribution in [0.3, 0.4) is 0 Å². The third kappa shape index (κ3) is 2.68. The van der Waals surface area contributed by atoms with Crippen molar-refractivity contribution in [2.45, 2.75) is 13.8 Å². The fraction of sp³-hybridized carbons (Fsp3) is 0.133. The van der Waals surface area contributed by atoms with Gasteiger partial charge in [-0.3, -0.25) is 4.79 Å². The van der Waals surface area contributed by atoms with E-state index in [0.717, 1.165) is 15.3 Å². The smallest absolute Gasteiger partial charge is 0.186 e. The van der Waals surface area contributed by atoms with Crippen molar-refractivity contribution in [3.8, 4) is 5.75 Å². The van der Waals surface area contributed by atoms with Crippen LogP contribution in [0, 0.1) is 13.8 Å². The topological polar surface area (TPSA) is 37.3 Å². The zero-order valence-electron chi connectivity index (χ0n) is 10.3. The third-order valence-electron chi connectivity index (χ3n) is 2.66. The van der Waals surface area contributed by atoms with E-state index >= 15 is 0 Å². The van der Waals surface area contributed by atoms with Crippen LogP contribution in [-0.4, -0.2) is 10.9 Å². The molecule has 0 aliphatic heterocycles. The summed E-state index contributed by atoms with van der Waals surface area (Å²) in [5.74, 6) is 0.153. The van der Waals surface area contributed by atoms with E-state index in [2.05, 4.69) is 0 Å². The van der Waals surface area contributed by atoms with Crippen molar-refractivity contribution in [2.75, 3.05) is 0 Å². The van der Waals surface area contributed by atoms with Gasteiger partial charge in [-0.1, -0.05) is 18.2 Å². The van der Waals surface area contributed by atoms with E-state index in [1.54, 1.807) is 35.6 Å². The summed E-state index contributed by atoms with van der Waals surface area (Å²) in [6.07, 6.45) is 3.15. The fourth-order valence-corrected chi connectivity index (χ4v) is 2.69. The van der Waals surface area contributed by atoms with Gasteiger partial charge in [0.2, 0.25) is 0 Å². The normalized spacial score (nSPS) is 11.0. The lowest BCUT2D eigenvalue weighted by Crippen LogP contribution is -1.93. The zero-order valence-corrected chi connectivity index (χ0v) is 11.1. The first-order valence-electron chi connectivity index (χ1n) is 5.65. The number of allylic oxidation sites excluding steroid dienone is 1. The molecule has 2 nitrogen and oxygen atoms in total. The Labute approximate surface area is 110 Å². The minimum atomic E-state index is -0.0277. The van der Waals surface area contributed by atoms with Crippen molar-refractivity contribution in [1.29, 1.82) is 0 Å². The second-order valence-electron chi connectivity index (χ2n) is 4.08. The number of phenolic OH excluding ortho intramolecular Hbond substituents is 1. The maximum absolute atomic E-state index is 12.0. The molecule has 0 fully saturated rings. The van der Waals surface area contributed by atoms with Crippen molar-refractivity contribution in [3.05, 3.63) is 57.3 Å². The van der Waals surface area contributed by atoms with Gasteiger partial charge >= 0.3 is 0 Å². The van der Waals surface area contributed by atoms with Crippen LogP contribution in [0.25, 0.3) is 6.08 Å². The highest BCUT2D eigenvalue weighted by Crippen LogP contribution is 2.22. The molecule has 2 aromatic rings. The lowest BCUT2D eigenvalue weighted by molar-refractivity contribution is 0.104. The molecule has 0 amide bonds. The van der Waals surface area contributed by atoms with E-state index in [9.17, 15) is 9.90 Å². The largest absolute Gasteiger partial charge is 0.507 e. The van der Waals surface area contributed by atoms with Crippen LogP contribution in [0.5, 0.6) is 5.75 Å². The number of para-hydroxylation sites is 1. The number of hydrogen-bond acceptors (Lipinski definition) is 3. The molecule has 1 heterocycles. The molecule has 0 aliphatic rings. The molecule has 0 unspecified atom stereocenters. The Morgan fingerprint density at radius 2 is 2.00 bits per heavy atom. The summed E-state index contributed by atoms with van der Waals surface area (Å²) in [7, 11) is 0. The van der Waals surface area contributed by atoms with Gasteiger partial charge in [0.05, 0.1) is 0 Å². The van der Waals surface area contributed by atoms with Gasteiger partial charge in [-0.05, 0) is 38.1 Å². The van der Waals surface area contributed by atoms with E-state index in [1.807, 2.05) is 26.0 Å². The Morgan fingerprint density at radius 1 is 1.28 bits per heavy atom. The van der Waals surface area contributed by atoms with E-state index in [1.165, 1.54) is 6.08 Å². The summed E-state index contributed by atoms with van der Waals surface area (Å²) < 4.78 is 0. The SMILES string of the molecule is Cc1cc(C(=O)/C=C/c2ccccc2O)c(C)s1. The van der Waals surface area contributed by atoms with Crippen LogP contribution in [0.15, 0.2) is 36.4 Å². The number of carbonyl (C=O) groups excluding carboxylic acids is 1. The minimum absolute atomic E-state index is 0.0277. The molecule has 1 aromatic heterocycles. The number of thiophene rings is 1. The van der Waals surface area contributed by atoms with Gasteiger partial charge in [-0.2, -0.15) is 0 Å². The molecule has 0 saturated carbocycles. The molecular formula is C15H14O2S. The van der Waals surface area contributed by atoms with Gasteiger partial charge in [0.1, 0.15) is 5.75 Å². The monoisotopic (exact) mass is 258 g/mol. The van der Waals surface area contributed by atoms with E-state index in [4.69, 9.17) is 0 Å². The fourth-order valence-electron chi connectivity index (χ4n) is 1.76. The predicted octanol–water partition coefficient (Wildman–Crippen LogP) is 3.97. The van der Waals surface area contributed by atoms with Crippen LogP contribution in [0.4, 0.5) is 0 Å². The number of rotatable bonds is 3. The Balaban J connectivity index is 2.22. The first kappa shape index (κ1) is 12.6. The molecule has 18 heavy (non-hydrogen) atoms. The van der Waals surface area contributed by atoms with Gasteiger partial charge in [0.25, 0.3) is 0 Å². The quantitative estimate of drug-likeness (QED) is 0.668. The number of aromatic hydroxyl groups is 1. The second kappa shape index (κ2) is 5.19. The average molecular weight is 258 g/mol. The maximum atomic E-state index is 12.0. The van der Waals surface area contributed by atoms with Gasteiger partial charge in [0, 0.05) is 20.9 Å². The predicted molar refractivity (Wildman–Crippen MR) is 75.3 cm³/mol. The standard InChI is InChI=1S/C15H14O2S/c1-10-9-13(11(2)18-10)15(17)8-7-12-5-3-4-6-14(12)16/h3-9,16H,1-2H3/b8-7+. The number of aryl methyl sites for hydroxylation is 2. The molecule has 0 saturated heterocycles. The highest BCUT2D eigenvalue weighted by molar-refractivity contribution is 7.12. The Kier molecular flexibility index (Phi) is 3.63. The van der Waals surface area contributed by atoms with Gasteiger partial charge < -0.3 is 5.11 Å². The molecule has 3 heteroatoms. The third-order valence-corrected chi connectivity index (χ3v) is 3.62. The van der Waals surface area contributed by atoms with Crippen LogP contribution < -0.4 is 0 Å². The van der Waals surface area contributed by atoms with E-state index < -0.39 is 0 Å². The summed E-state index contributed by atoms with van der Waals surface area (Å²) in [6, 6.07) is 8.84. The summed E-state index contributed by atoms with van der Waals surface area (Å²) in [4.78, 5) is 14.2. The number of phenols is 1. The first-order valence-corrected chi connectivity index (χ1v) is 6.47. The molecule has 1 aromatic carbocycles. The van der Waals surface area contributed by atoms with Gasteiger partial charge in [-0.25, -0.2) is 0 Å². The zero-order chi connectivity index (χ0) is 13.1. The van der Waals surface area contributed by atoms with Gasteiger partial charge in [0.15, 0.2) is 5.78 Å². The highest BCUT2D eigenvalue weighted by Gasteiger charge is 2.08. The molecule has 0 aliphatic carbocycles. The lowest BCUT2D eigenvalue weighted by Gasteiger charge is -1.97. The Morgan fingerprint density at radius 3 is 2.61 bits per heavy atom. The van der Waals surface area contributed by atoms with Crippen molar-refractivity contribution >= 4 is 23.2 Å². The first-order chi connectivity index (χ1) is 8.58. The van der Waals surface area contributed by atoms with Gasteiger partial charge in [-0.15, -0.1) is 11.3 Å². The number of benzene rings is 1. The minimum Gasteiger partial charge on any atom is -0.507 e. The molecule has 1 N–H and O–H groups in total. The molecule has 0 atom stereocenters. The lowest BCUT2D eigenvalue weighted by atomic mass is 10.1.